The van der Waals surface area contributed by atoms with E-state index < -0.39 is 0 Å². The summed E-state index contributed by atoms with van der Waals surface area (Å²) in [6, 6.07) is 9.38. The van der Waals surface area contributed by atoms with Crippen LogP contribution in [0.25, 0.3) is 0 Å². The van der Waals surface area contributed by atoms with Crippen molar-refractivity contribution < 1.29 is 4.74 Å². The molecule has 0 radical (unpaired) electrons. The van der Waals surface area contributed by atoms with Crippen molar-refractivity contribution in [1.29, 1.82) is 0 Å². The van der Waals surface area contributed by atoms with Crippen LogP contribution < -0.4 is 5.32 Å². The maximum atomic E-state index is 5.61. The predicted molar refractivity (Wildman–Crippen MR) is 78.8 cm³/mol. The topological polar surface area (TPSA) is 24.5 Å². The zero-order valence-electron chi connectivity index (χ0n) is 11.8. The molecule has 0 amide bonds. The molecule has 1 saturated heterocycles. The summed E-state index contributed by atoms with van der Waals surface area (Å²) in [4.78, 5) is 2.64. The highest BCUT2D eigenvalue weighted by molar-refractivity contribution is 5.54. The van der Waals surface area contributed by atoms with Crippen LogP contribution in [0.5, 0.6) is 0 Å². The van der Waals surface area contributed by atoms with Gasteiger partial charge in [0.2, 0.25) is 0 Å². The van der Waals surface area contributed by atoms with Gasteiger partial charge in [-0.15, -0.1) is 0 Å². The molecule has 19 heavy (non-hydrogen) atoms. The van der Waals surface area contributed by atoms with Crippen LogP contribution in [0, 0.1) is 0 Å². The van der Waals surface area contributed by atoms with E-state index in [2.05, 4.69) is 41.4 Å². The number of benzene rings is 1. The number of fused-ring (bicyclic) bond motifs is 1. The number of hydrogen-bond donors (Lipinski definition) is 1. The minimum Gasteiger partial charge on any atom is -0.385 e. The Morgan fingerprint density at radius 3 is 3.16 bits per heavy atom. The molecule has 1 aromatic carbocycles. The van der Waals surface area contributed by atoms with E-state index in [1.54, 1.807) is 0 Å². The summed E-state index contributed by atoms with van der Waals surface area (Å²) in [5.74, 6) is 0.671. The molecule has 1 aromatic rings. The van der Waals surface area contributed by atoms with E-state index in [-0.39, 0.29) is 0 Å². The highest BCUT2D eigenvalue weighted by atomic mass is 16.5. The lowest BCUT2D eigenvalue weighted by Gasteiger charge is -2.38. The summed E-state index contributed by atoms with van der Waals surface area (Å²) >= 11 is 0. The molecule has 2 atom stereocenters. The third-order valence-electron chi connectivity index (χ3n) is 4.48. The van der Waals surface area contributed by atoms with Crippen LogP contribution in [0.2, 0.25) is 0 Å². The summed E-state index contributed by atoms with van der Waals surface area (Å²) in [7, 11) is 0. The minimum absolute atomic E-state index is 0.607. The van der Waals surface area contributed by atoms with Gasteiger partial charge in [0, 0.05) is 37.3 Å². The molecule has 2 aliphatic rings. The average molecular weight is 260 g/mol. The zero-order chi connectivity index (χ0) is 13.1. The first-order valence-electron chi connectivity index (χ1n) is 7.53. The fourth-order valence-electron chi connectivity index (χ4n) is 3.33. The summed E-state index contributed by atoms with van der Waals surface area (Å²) in [5, 5.41) is 3.51. The number of para-hydroxylation sites is 1. The van der Waals surface area contributed by atoms with Crippen LogP contribution in [0.15, 0.2) is 24.3 Å². The molecule has 0 bridgehead atoms. The first kappa shape index (κ1) is 12.9. The fourth-order valence-corrected chi connectivity index (χ4v) is 3.33. The Hall–Kier alpha value is -1.06. The lowest BCUT2D eigenvalue weighted by atomic mass is 9.90. The van der Waals surface area contributed by atoms with Crippen LogP contribution >= 0.6 is 0 Å². The molecular weight excluding hydrogens is 236 g/mol. The third kappa shape index (κ3) is 2.77. The van der Waals surface area contributed by atoms with E-state index >= 15 is 0 Å². The summed E-state index contributed by atoms with van der Waals surface area (Å²) < 4.78 is 5.61. The molecule has 2 unspecified atom stereocenters. The van der Waals surface area contributed by atoms with Crippen LogP contribution in [0.1, 0.15) is 31.2 Å². The smallest absolute Gasteiger partial charge is 0.0622 e. The SMILES string of the molecule is CCC1COCCN1CC1CCNc2ccccc21. The van der Waals surface area contributed by atoms with Crippen molar-refractivity contribution in [2.24, 2.45) is 0 Å². The maximum Gasteiger partial charge on any atom is 0.0622 e. The van der Waals surface area contributed by atoms with E-state index in [9.17, 15) is 0 Å². The first-order valence-corrected chi connectivity index (χ1v) is 7.53. The van der Waals surface area contributed by atoms with Crippen molar-refractivity contribution in [3.8, 4) is 0 Å². The van der Waals surface area contributed by atoms with Crippen LogP contribution in [-0.2, 0) is 4.74 Å². The van der Waals surface area contributed by atoms with E-state index in [0.717, 1.165) is 26.3 Å². The van der Waals surface area contributed by atoms with E-state index in [4.69, 9.17) is 4.74 Å². The molecule has 3 rings (SSSR count). The summed E-state index contributed by atoms with van der Waals surface area (Å²) in [6.45, 7) is 7.43. The molecule has 104 valence electrons. The highest BCUT2D eigenvalue weighted by Gasteiger charge is 2.27. The number of ether oxygens (including phenoxy) is 1. The zero-order valence-corrected chi connectivity index (χ0v) is 11.8. The standard InChI is InChI=1S/C16H24N2O/c1-2-14-12-19-10-9-18(14)11-13-7-8-17-16-6-4-3-5-15(13)16/h3-6,13-14,17H,2,7-12H2,1H3. The summed E-state index contributed by atoms with van der Waals surface area (Å²) in [5.41, 5.74) is 2.83. The number of nitrogens with zero attached hydrogens (tertiary/aromatic N) is 1. The van der Waals surface area contributed by atoms with Crippen molar-refractivity contribution in [2.45, 2.75) is 31.7 Å². The van der Waals surface area contributed by atoms with E-state index in [1.807, 2.05) is 0 Å². The van der Waals surface area contributed by atoms with Crippen LogP contribution in [0.4, 0.5) is 5.69 Å². The van der Waals surface area contributed by atoms with Gasteiger partial charge in [-0.1, -0.05) is 25.1 Å². The molecule has 3 heteroatoms. The van der Waals surface area contributed by atoms with Gasteiger partial charge in [-0.2, -0.15) is 0 Å². The van der Waals surface area contributed by atoms with E-state index in [0.29, 0.717) is 12.0 Å². The van der Waals surface area contributed by atoms with Gasteiger partial charge in [0.15, 0.2) is 0 Å². The number of nitrogens with one attached hydrogen (secondary N) is 1. The molecule has 2 aliphatic heterocycles. The van der Waals surface area contributed by atoms with Gasteiger partial charge in [0.1, 0.15) is 0 Å². The largest absolute Gasteiger partial charge is 0.385 e. The van der Waals surface area contributed by atoms with Crippen molar-refractivity contribution in [2.75, 3.05) is 38.2 Å². The second kappa shape index (κ2) is 5.93. The van der Waals surface area contributed by atoms with Crippen LogP contribution in [0.3, 0.4) is 0 Å². The first-order chi connectivity index (χ1) is 9.38. The average Bonchev–Trinajstić information content (AvgIpc) is 2.48. The van der Waals surface area contributed by atoms with Crippen molar-refractivity contribution in [1.82, 2.24) is 4.90 Å². The second-order valence-corrected chi connectivity index (χ2v) is 5.63. The Morgan fingerprint density at radius 2 is 2.26 bits per heavy atom. The molecule has 1 fully saturated rings. The molecule has 3 nitrogen and oxygen atoms in total. The second-order valence-electron chi connectivity index (χ2n) is 5.63. The fraction of sp³-hybridized carbons (Fsp3) is 0.625. The number of hydrogen-bond acceptors (Lipinski definition) is 3. The van der Waals surface area contributed by atoms with Gasteiger partial charge in [-0.25, -0.2) is 0 Å². The van der Waals surface area contributed by atoms with Crippen molar-refractivity contribution in [3.05, 3.63) is 29.8 Å². The van der Waals surface area contributed by atoms with Gasteiger partial charge >= 0.3 is 0 Å². The van der Waals surface area contributed by atoms with Gasteiger partial charge in [0.25, 0.3) is 0 Å². The molecule has 0 aromatic heterocycles. The quantitative estimate of drug-likeness (QED) is 0.904. The van der Waals surface area contributed by atoms with Gasteiger partial charge < -0.3 is 10.1 Å². The minimum atomic E-state index is 0.607. The molecular formula is C16H24N2O. The number of anilines is 1. The Bertz CT molecular complexity index is 421. The highest BCUT2D eigenvalue weighted by Crippen LogP contribution is 2.32. The monoisotopic (exact) mass is 260 g/mol. The normalized spacial score (nSPS) is 27.6. The Morgan fingerprint density at radius 1 is 1.37 bits per heavy atom. The third-order valence-corrected chi connectivity index (χ3v) is 4.48. The van der Waals surface area contributed by atoms with Gasteiger partial charge in [0.05, 0.1) is 13.2 Å². The van der Waals surface area contributed by atoms with Gasteiger partial charge in [-0.05, 0) is 24.5 Å². The lowest BCUT2D eigenvalue weighted by molar-refractivity contribution is -0.0116. The van der Waals surface area contributed by atoms with Gasteiger partial charge in [-0.3, -0.25) is 4.90 Å². The molecule has 2 heterocycles. The van der Waals surface area contributed by atoms with Crippen molar-refractivity contribution >= 4 is 5.69 Å². The molecule has 0 spiro atoms. The molecule has 0 saturated carbocycles. The van der Waals surface area contributed by atoms with Crippen LogP contribution in [-0.4, -0.2) is 43.8 Å². The maximum absolute atomic E-state index is 5.61. The number of rotatable bonds is 3. The Balaban J connectivity index is 1.73. The molecule has 0 aliphatic carbocycles. The van der Waals surface area contributed by atoms with Crippen molar-refractivity contribution in [3.63, 3.8) is 0 Å². The Kier molecular flexibility index (Phi) is 4.04. The number of morpholine rings is 1. The summed E-state index contributed by atoms with van der Waals surface area (Å²) in [6.07, 6.45) is 2.43. The Labute approximate surface area is 115 Å². The molecule has 1 N–H and O–H groups in total. The van der Waals surface area contributed by atoms with E-state index in [1.165, 1.54) is 30.6 Å². The lowest BCUT2D eigenvalue weighted by Crippen LogP contribution is -2.47. The predicted octanol–water partition coefficient (Wildman–Crippen LogP) is 2.70.